The van der Waals surface area contributed by atoms with Gasteiger partial charge in [-0.2, -0.15) is 0 Å². The van der Waals surface area contributed by atoms with Gasteiger partial charge in [-0.15, -0.1) is 0 Å². The van der Waals surface area contributed by atoms with Gasteiger partial charge in [0.15, 0.2) is 0 Å². The zero-order valence-corrected chi connectivity index (χ0v) is 23.3. The second-order valence-electron chi connectivity index (χ2n) is 11.6. The van der Waals surface area contributed by atoms with E-state index < -0.39 is 23.9 Å². The molecule has 1 saturated heterocycles. The van der Waals surface area contributed by atoms with E-state index in [0.717, 1.165) is 60.0 Å². The molecule has 2 aliphatic carbocycles. The predicted molar refractivity (Wildman–Crippen MR) is 156 cm³/mol. The molecule has 0 bridgehead atoms. The molecule has 4 atom stereocenters. The molecule has 0 unspecified atom stereocenters. The first-order chi connectivity index (χ1) is 19.4. The van der Waals surface area contributed by atoms with E-state index in [4.69, 9.17) is 0 Å². The van der Waals surface area contributed by atoms with Crippen LogP contribution < -0.4 is 0 Å². The Kier molecular flexibility index (Phi) is 8.87. The van der Waals surface area contributed by atoms with Crippen molar-refractivity contribution in [2.24, 2.45) is 17.8 Å². The Bertz CT molecular complexity index is 1260. The van der Waals surface area contributed by atoms with Gasteiger partial charge >= 0.3 is 0 Å². The van der Waals surface area contributed by atoms with E-state index in [-0.39, 0.29) is 30.2 Å². The number of allylic oxidation sites excluding steroid dienone is 2. The molecule has 2 amide bonds. The highest BCUT2D eigenvalue weighted by Crippen LogP contribution is 2.48. The van der Waals surface area contributed by atoms with Crippen LogP contribution in [0.2, 0.25) is 0 Å². The number of fused-ring (bicyclic) bond motifs is 1. The topological polar surface area (TPSA) is 98.1 Å². The van der Waals surface area contributed by atoms with E-state index in [1.165, 1.54) is 4.90 Å². The van der Waals surface area contributed by atoms with E-state index >= 15 is 0 Å². The quantitative estimate of drug-likeness (QED) is 0.213. The molecule has 1 heterocycles. The molecule has 0 aromatic heterocycles. The van der Waals surface area contributed by atoms with E-state index in [2.05, 4.69) is 6.08 Å². The van der Waals surface area contributed by atoms with Gasteiger partial charge in [0, 0.05) is 12.0 Å². The lowest BCUT2D eigenvalue weighted by molar-refractivity contribution is -0.143. The summed E-state index contributed by atoms with van der Waals surface area (Å²) in [6, 6.07) is 17.0. The summed E-state index contributed by atoms with van der Waals surface area (Å²) in [6.07, 6.45) is 8.33. The van der Waals surface area contributed by atoms with Crippen molar-refractivity contribution in [3.63, 3.8) is 0 Å². The van der Waals surface area contributed by atoms with Crippen LogP contribution in [0.5, 0.6) is 5.75 Å². The molecule has 2 fully saturated rings. The fourth-order valence-corrected chi connectivity index (χ4v) is 7.19. The molecule has 1 aliphatic heterocycles. The smallest absolute Gasteiger partial charge is 0.234 e. The highest BCUT2D eigenvalue weighted by Gasteiger charge is 2.56. The molecule has 2 aromatic carbocycles. The van der Waals surface area contributed by atoms with Crippen molar-refractivity contribution >= 4 is 23.5 Å². The number of phenols is 1. The van der Waals surface area contributed by atoms with Crippen LogP contribution >= 0.6 is 0 Å². The third kappa shape index (κ3) is 5.65. The maximum absolute atomic E-state index is 13.7. The normalized spacial score (nSPS) is 24.9. The third-order valence-corrected chi connectivity index (χ3v) is 9.21. The number of carbonyl (C=O) groups excluding carboxylic acids is 2. The number of aromatic hydroxyl groups is 1. The second-order valence-corrected chi connectivity index (χ2v) is 11.6. The monoisotopic (exact) mass is 543 g/mol. The average molecular weight is 544 g/mol. The lowest BCUT2D eigenvalue weighted by Crippen LogP contribution is -2.42. The van der Waals surface area contributed by atoms with Crippen molar-refractivity contribution in [2.45, 2.75) is 76.9 Å². The number of rotatable bonds is 9. The highest BCUT2D eigenvalue weighted by atomic mass is 16.3. The van der Waals surface area contributed by atoms with E-state index in [9.17, 15) is 24.9 Å². The Morgan fingerprint density at radius 1 is 1.00 bits per heavy atom. The molecular weight excluding hydrogens is 502 g/mol. The first kappa shape index (κ1) is 28.3. The SMILES string of the molecule is CCC1=C([C@H](O)CC/C(=C/c2ccc(O)cc2)c2ccccc2)[C@H](CO)[C@@H]2C(=O)N(C3CCCCC3)C(=O)[C@@H]2C1. The second kappa shape index (κ2) is 12.5. The molecular formula is C34H41NO5. The number of amides is 2. The Morgan fingerprint density at radius 2 is 1.70 bits per heavy atom. The molecule has 1 saturated carbocycles. The number of benzene rings is 2. The van der Waals surface area contributed by atoms with Gasteiger partial charge in [0.25, 0.3) is 0 Å². The van der Waals surface area contributed by atoms with Gasteiger partial charge in [0.2, 0.25) is 11.8 Å². The zero-order chi connectivity index (χ0) is 28.2. The summed E-state index contributed by atoms with van der Waals surface area (Å²) in [5.41, 5.74) is 4.81. The first-order valence-electron chi connectivity index (χ1n) is 14.9. The minimum absolute atomic E-state index is 0.0318. The molecule has 5 rings (SSSR count). The molecule has 0 radical (unpaired) electrons. The Balaban J connectivity index is 1.39. The summed E-state index contributed by atoms with van der Waals surface area (Å²) in [7, 11) is 0. The van der Waals surface area contributed by atoms with Crippen LogP contribution in [0.15, 0.2) is 65.7 Å². The fraction of sp³-hybridized carbons (Fsp3) is 0.471. The van der Waals surface area contributed by atoms with Crippen LogP contribution in [0, 0.1) is 17.8 Å². The van der Waals surface area contributed by atoms with Crippen LogP contribution in [0.25, 0.3) is 11.6 Å². The minimum Gasteiger partial charge on any atom is -0.508 e. The molecule has 6 heteroatoms. The van der Waals surface area contributed by atoms with Crippen LogP contribution in [-0.4, -0.2) is 50.8 Å². The summed E-state index contributed by atoms with van der Waals surface area (Å²) in [5.74, 6) is -1.61. The highest BCUT2D eigenvalue weighted by molar-refractivity contribution is 6.06. The number of nitrogens with zero attached hydrogens (tertiary/aromatic N) is 1. The number of aliphatic hydroxyl groups is 2. The van der Waals surface area contributed by atoms with Gasteiger partial charge in [-0.1, -0.05) is 80.3 Å². The number of hydrogen-bond donors (Lipinski definition) is 3. The number of carbonyl (C=O) groups is 2. The maximum Gasteiger partial charge on any atom is 0.234 e. The predicted octanol–water partition coefficient (Wildman–Crippen LogP) is 5.73. The van der Waals surface area contributed by atoms with Crippen LogP contribution in [0.3, 0.4) is 0 Å². The standard InChI is InChI=1S/C34H41NO5/c1-2-23-20-28-32(34(40)35(33(28)39)26-11-7-4-8-12-26)29(21-36)31(23)30(38)18-15-25(24-9-5-3-6-10-24)19-22-13-16-27(37)17-14-22/h3,5-6,9-10,13-14,16-17,19,26,28-30,32,36-38H,2,4,7-8,11-12,15,18,20-21H2,1H3/b25-19-/t28-,29+,30-,32-/m1/s1. The first-order valence-corrected chi connectivity index (χ1v) is 14.9. The Labute approximate surface area is 237 Å². The van der Waals surface area contributed by atoms with Crippen LogP contribution in [0.4, 0.5) is 0 Å². The Morgan fingerprint density at radius 3 is 2.35 bits per heavy atom. The van der Waals surface area contributed by atoms with Gasteiger partial charge in [-0.25, -0.2) is 0 Å². The average Bonchev–Trinajstić information content (AvgIpc) is 3.24. The summed E-state index contributed by atoms with van der Waals surface area (Å²) >= 11 is 0. The van der Waals surface area contributed by atoms with Crippen molar-refractivity contribution in [3.05, 3.63) is 76.9 Å². The van der Waals surface area contributed by atoms with Crippen molar-refractivity contribution in [1.29, 1.82) is 0 Å². The summed E-state index contributed by atoms with van der Waals surface area (Å²) in [4.78, 5) is 28.8. The number of imide groups is 1. The number of hydrogen-bond acceptors (Lipinski definition) is 5. The fourth-order valence-electron chi connectivity index (χ4n) is 7.19. The van der Waals surface area contributed by atoms with Crippen molar-refractivity contribution in [1.82, 2.24) is 4.90 Å². The molecule has 40 heavy (non-hydrogen) atoms. The van der Waals surface area contributed by atoms with Gasteiger partial charge in [0.05, 0.1) is 24.5 Å². The maximum atomic E-state index is 13.7. The van der Waals surface area contributed by atoms with Crippen LogP contribution in [0.1, 0.15) is 75.8 Å². The Hall–Kier alpha value is -3.22. The number of likely N-dealkylation sites (tertiary alicyclic amines) is 1. The van der Waals surface area contributed by atoms with Crippen molar-refractivity contribution in [2.75, 3.05) is 6.61 Å². The van der Waals surface area contributed by atoms with Crippen LogP contribution in [-0.2, 0) is 9.59 Å². The molecule has 3 N–H and O–H groups in total. The number of aliphatic hydroxyl groups excluding tert-OH is 2. The lowest BCUT2D eigenvalue weighted by atomic mass is 9.67. The summed E-state index contributed by atoms with van der Waals surface area (Å²) < 4.78 is 0. The molecule has 0 spiro atoms. The van der Waals surface area contributed by atoms with Gasteiger partial charge in [-0.05, 0) is 72.9 Å². The van der Waals surface area contributed by atoms with E-state index in [0.29, 0.717) is 25.7 Å². The summed E-state index contributed by atoms with van der Waals surface area (Å²) in [5, 5.41) is 31.9. The molecule has 3 aliphatic rings. The third-order valence-electron chi connectivity index (χ3n) is 9.21. The zero-order valence-electron chi connectivity index (χ0n) is 23.3. The minimum atomic E-state index is -0.827. The molecule has 2 aromatic rings. The molecule has 212 valence electrons. The van der Waals surface area contributed by atoms with Crippen molar-refractivity contribution in [3.8, 4) is 5.75 Å². The van der Waals surface area contributed by atoms with Gasteiger partial charge in [0.1, 0.15) is 5.75 Å². The van der Waals surface area contributed by atoms with Gasteiger partial charge < -0.3 is 15.3 Å². The van der Waals surface area contributed by atoms with Gasteiger partial charge in [-0.3, -0.25) is 14.5 Å². The van der Waals surface area contributed by atoms with E-state index in [1.807, 2.05) is 49.4 Å². The number of phenolic OH excluding ortho intramolecular Hbond substituents is 1. The molecule has 6 nitrogen and oxygen atoms in total. The van der Waals surface area contributed by atoms with Crippen molar-refractivity contribution < 1.29 is 24.9 Å². The van der Waals surface area contributed by atoms with E-state index in [1.54, 1.807) is 12.1 Å². The largest absolute Gasteiger partial charge is 0.508 e. The lowest BCUT2D eigenvalue weighted by Gasteiger charge is -2.36. The summed E-state index contributed by atoms with van der Waals surface area (Å²) in [6.45, 7) is 1.76.